The molecule has 1 unspecified atom stereocenters. The zero-order valence-electron chi connectivity index (χ0n) is 7.62. The summed E-state index contributed by atoms with van der Waals surface area (Å²) in [5.41, 5.74) is 7.04. The lowest BCUT2D eigenvalue weighted by Gasteiger charge is -2.08. The molecule has 0 spiro atoms. The lowest BCUT2D eigenvalue weighted by Crippen LogP contribution is -2.11. The number of methoxy groups -OCH3 is 1. The fourth-order valence-electron chi connectivity index (χ4n) is 1.64. The van der Waals surface area contributed by atoms with Crippen molar-refractivity contribution >= 4 is 11.8 Å². The van der Waals surface area contributed by atoms with Crippen LogP contribution >= 0.6 is 11.8 Å². The third-order valence-electron chi connectivity index (χ3n) is 2.38. The minimum atomic E-state index is 0.509. The molecule has 1 aromatic rings. The zero-order valence-corrected chi connectivity index (χ0v) is 8.43. The molecule has 0 saturated heterocycles. The van der Waals surface area contributed by atoms with Gasteiger partial charge in [0, 0.05) is 18.2 Å². The van der Waals surface area contributed by atoms with E-state index in [1.807, 2.05) is 23.9 Å². The lowest BCUT2D eigenvalue weighted by atomic mass is 10.0. The monoisotopic (exact) mass is 195 g/mol. The third-order valence-corrected chi connectivity index (χ3v) is 3.68. The fraction of sp³-hybridized carbons (Fsp3) is 0.400. The Labute approximate surface area is 82.5 Å². The molecule has 0 bridgehead atoms. The van der Waals surface area contributed by atoms with E-state index in [-0.39, 0.29) is 0 Å². The van der Waals surface area contributed by atoms with Crippen LogP contribution < -0.4 is 10.5 Å². The van der Waals surface area contributed by atoms with Crippen LogP contribution in [-0.2, 0) is 0 Å². The lowest BCUT2D eigenvalue weighted by molar-refractivity contribution is 0.404. The van der Waals surface area contributed by atoms with Gasteiger partial charge in [0.2, 0.25) is 0 Å². The summed E-state index contributed by atoms with van der Waals surface area (Å²) in [5.74, 6) is 2.58. The van der Waals surface area contributed by atoms with Crippen LogP contribution in [0.4, 0.5) is 0 Å². The highest BCUT2D eigenvalue weighted by Crippen LogP contribution is 2.44. The molecule has 2 rings (SSSR count). The van der Waals surface area contributed by atoms with Gasteiger partial charge in [-0.15, -0.1) is 11.8 Å². The van der Waals surface area contributed by atoms with E-state index in [1.54, 1.807) is 7.11 Å². The molecule has 0 aromatic heterocycles. The highest BCUT2D eigenvalue weighted by Gasteiger charge is 2.24. The van der Waals surface area contributed by atoms with Gasteiger partial charge in [0.05, 0.1) is 12.0 Å². The first-order valence-electron chi connectivity index (χ1n) is 4.36. The van der Waals surface area contributed by atoms with Crippen LogP contribution in [0.5, 0.6) is 5.75 Å². The molecule has 0 aliphatic carbocycles. The molecule has 0 fully saturated rings. The molecular formula is C10H13NOS. The van der Waals surface area contributed by atoms with Crippen molar-refractivity contribution < 1.29 is 4.74 Å². The second-order valence-corrected chi connectivity index (χ2v) is 4.15. The molecule has 3 heteroatoms. The molecule has 13 heavy (non-hydrogen) atoms. The predicted octanol–water partition coefficient (Wildman–Crippen LogP) is 1.84. The average Bonchev–Trinajstić information content (AvgIpc) is 2.60. The summed E-state index contributed by atoms with van der Waals surface area (Å²) in [4.78, 5) is 1.28. The first-order valence-corrected chi connectivity index (χ1v) is 5.35. The Morgan fingerprint density at radius 1 is 1.62 bits per heavy atom. The minimum Gasteiger partial charge on any atom is -0.496 e. The van der Waals surface area contributed by atoms with Gasteiger partial charge in [0.1, 0.15) is 5.75 Å². The van der Waals surface area contributed by atoms with Gasteiger partial charge >= 0.3 is 0 Å². The summed E-state index contributed by atoms with van der Waals surface area (Å²) in [7, 11) is 1.71. The van der Waals surface area contributed by atoms with E-state index in [4.69, 9.17) is 10.5 Å². The van der Waals surface area contributed by atoms with Crippen molar-refractivity contribution in [3.8, 4) is 5.75 Å². The number of nitrogens with two attached hydrogens (primary N) is 1. The Hall–Kier alpha value is -0.670. The highest BCUT2D eigenvalue weighted by molar-refractivity contribution is 7.99. The molecule has 0 amide bonds. The van der Waals surface area contributed by atoms with E-state index in [0.29, 0.717) is 5.92 Å². The van der Waals surface area contributed by atoms with E-state index >= 15 is 0 Å². The normalized spacial score (nSPS) is 20.0. The number of benzene rings is 1. The summed E-state index contributed by atoms with van der Waals surface area (Å²) < 4.78 is 5.29. The van der Waals surface area contributed by atoms with Crippen LogP contribution in [0.1, 0.15) is 11.5 Å². The van der Waals surface area contributed by atoms with Gasteiger partial charge < -0.3 is 10.5 Å². The Balaban J connectivity index is 2.43. The Bertz CT molecular complexity index is 314. The Morgan fingerprint density at radius 3 is 3.15 bits per heavy atom. The standard InChI is InChI=1S/C10H13NOS/c1-12-9-4-2-3-8-7(5-11)6-13-10(8)9/h2-4,7H,5-6,11H2,1H3. The summed E-state index contributed by atoms with van der Waals surface area (Å²) >= 11 is 1.85. The first-order chi connectivity index (χ1) is 6.36. The highest BCUT2D eigenvalue weighted by atomic mass is 32.2. The Morgan fingerprint density at radius 2 is 2.46 bits per heavy atom. The molecule has 1 heterocycles. The van der Waals surface area contributed by atoms with E-state index < -0.39 is 0 Å². The maximum Gasteiger partial charge on any atom is 0.132 e. The summed E-state index contributed by atoms with van der Waals surface area (Å²) in [6, 6.07) is 6.19. The molecule has 0 saturated carbocycles. The van der Waals surface area contributed by atoms with Crippen molar-refractivity contribution in [3.05, 3.63) is 23.8 Å². The maximum absolute atomic E-state index is 5.69. The van der Waals surface area contributed by atoms with Crippen LogP contribution in [0.15, 0.2) is 23.1 Å². The van der Waals surface area contributed by atoms with E-state index in [1.165, 1.54) is 10.5 Å². The molecule has 1 aliphatic heterocycles. The molecule has 2 nitrogen and oxygen atoms in total. The SMILES string of the molecule is COc1cccc2c1SCC2CN. The molecule has 1 aromatic carbocycles. The zero-order chi connectivity index (χ0) is 9.26. The van der Waals surface area contributed by atoms with Crippen molar-refractivity contribution in [2.75, 3.05) is 19.4 Å². The van der Waals surface area contributed by atoms with Crippen molar-refractivity contribution in [1.82, 2.24) is 0 Å². The first kappa shape index (κ1) is 8.91. The van der Waals surface area contributed by atoms with Crippen molar-refractivity contribution in [1.29, 1.82) is 0 Å². The van der Waals surface area contributed by atoms with Gasteiger partial charge in [-0.2, -0.15) is 0 Å². The van der Waals surface area contributed by atoms with Gasteiger partial charge in [-0.25, -0.2) is 0 Å². The van der Waals surface area contributed by atoms with Crippen LogP contribution in [0, 0.1) is 0 Å². The molecule has 2 N–H and O–H groups in total. The molecular weight excluding hydrogens is 182 g/mol. The van der Waals surface area contributed by atoms with Crippen molar-refractivity contribution in [3.63, 3.8) is 0 Å². The largest absolute Gasteiger partial charge is 0.496 e. The van der Waals surface area contributed by atoms with Crippen molar-refractivity contribution in [2.45, 2.75) is 10.8 Å². The van der Waals surface area contributed by atoms with Gasteiger partial charge in [0.15, 0.2) is 0 Å². The minimum absolute atomic E-state index is 0.509. The van der Waals surface area contributed by atoms with E-state index in [0.717, 1.165) is 18.0 Å². The number of hydrogen-bond donors (Lipinski definition) is 1. The second kappa shape index (κ2) is 3.60. The van der Waals surface area contributed by atoms with Crippen LogP contribution in [0.3, 0.4) is 0 Å². The Kier molecular flexibility index (Phi) is 2.47. The number of rotatable bonds is 2. The average molecular weight is 195 g/mol. The van der Waals surface area contributed by atoms with Gasteiger partial charge in [0.25, 0.3) is 0 Å². The quantitative estimate of drug-likeness (QED) is 0.782. The molecule has 70 valence electrons. The maximum atomic E-state index is 5.69. The summed E-state index contributed by atoms with van der Waals surface area (Å²) in [6.45, 7) is 0.729. The van der Waals surface area contributed by atoms with E-state index in [9.17, 15) is 0 Å². The topological polar surface area (TPSA) is 35.2 Å². The molecule has 1 atom stereocenters. The summed E-state index contributed by atoms with van der Waals surface area (Å²) in [6.07, 6.45) is 0. The number of thioether (sulfide) groups is 1. The number of fused-ring (bicyclic) bond motifs is 1. The van der Waals surface area contributed by atoms with Crippen LogP contribution in [0.2, 0.25) is 0 Å². The van der Waals surface area contributed by atoms with Crippen molar-refractivity contribution in [2.24, 2.45) is 5.73 Å². The number of hydrogen-bond acceptors (Lipinski definition) is 3. The molecule has 1 aliphatic rings. The van der Waals surface area contributed by atoms with Gasteiger partial charge in [-0.1, -0.05) is 12.1 Å². The third kappa shape index (κ3) is 1.42. The summed E-state index contributed by atoms with van der Waals surface area (Å²) in [5, 5.41) is 0. The number of ether oxygens (including phenoxy) is 1. The van der Waals surface area contributed by atoms with Crippen LogP contribution in [0.25, 0.3) is 0 Å². The molecule has 0 radical (unpaired) electrons. The van der Waals surface area contributed by atoms with E-state index in [2.05, 4.69) is 6.07 Å². The van der Waals surface area contributed by atoms with Crippen LogP contribution in [-0.4, -0.2) is 19.4 Å². The smallest absolute Gasteiger partial charge is 0.132 e. The van der Waals surface area contributed by atoms with Gasteiger partial charge in [-0.05, 0) is 11.6 Å². The fourth-order valence-corrected chi connectivity index (χ4v) is 3.02. The van der Waals surface area contributed by atoms with Gasteiger partial charge in [-0.3, -0.25) is 0 Å². The second-order valence-electron chi connectivity index (χ2n) is 3.12. The predicted molar refractivity (Wildman–Crippen MR) is 55.5 cm³/mol.